The number of carboxylic acid groups (broad SMARTS) is 1. The van der Waals surface area contributed by atoms with E-state index in [4.69, 9.17) is 4.55 Å². The van der Waals surface area contributed by atoms with Crippen molar-refractivity contribution >= 4 is 62.2 Å². The molecule has 0 saturated carbocycles. The molecule has 1 fully saturated rings. The van der Waals surface area contributed by atoms with Crippen LogP contribution < -0.4 is 10.3 Å². The molecule has 0 bridgehead atoms. The van der Waals surface area contributed by atoms with Crippen LogP contribution in [0.4, 0.5) is 10.1 Å². The Hall–Kier alpha value is -1.50. The molecule has 0 amide bonds. The maximum absolute atomic E-state index is 14.7. The number of aryl methyl sites for hydroxylation is 1. The molecule has 0 atom stereocenters. The first-order valence-corrected chi connectivity index (χ1v) is 10.2. The number of nitrogens with zero attached hydrogens (tertiary/aromatic N) is 3. The molecule has 1 aromatic heterocycles. The van der Waals surface area contributed by atoms with Crippen molar-refractivity contribution in [2.24, 2.45) is 0 Å². The molecule has 9 nitrogen and oxygen atoms in total. The summed E-state index contributed by atoms with van der Waals surface area (Å²) in [6.07, 6.45) is 1.25. The van der Waals surface area contributed by atoms with Crippen molar-refractivity contribution in [2.75, 3.05) is 37.0 Å². The van der Waals surface area contributed by atoms with Crippen molar-refractivity contribution in [3.05, 3.63) is 39.9 Å². The molecule has 0 unspecified atom stereocenters. The van der Waals surface area contributed by atoms with Gasteiger partial charge in [0, 0.05) is 73.9 Å². The van der Waals surface area contributed by atoms with Crippen molar-refractivity contribution < 1.29 is 27.3 Å². The van der Waals surface area contributed by atoms with E-state index in [0.717, 1.165) is 6.07 Å². The molecule has 3 rings (SSSR count). The molecule has 1 aliphatic heterocycles. The van der Waals surface area contributed by atoms with Gasteiger partial charge in [-0.25, -0.2) is 9.18 Å². The van der Waals surface area contributed by atoms with Gasteiger partial charge in [-0.05, 0) is 19.1 Å². The summed E-state index contributed by atoms with van der Waals surface area (Å²) in [6, 6.07) is 2.57. The quantitative estimate of drug-likeness (QED) is 0.512. The van der Waals surface area contributed by atoms with E-state index in [1.54, 1.807) is 21.3 Å². The van der Waals surface area contributed by atoms with Gasteiger partial charge in [-0.1, -0.05) is 0 Å². The van der Waals surface area contributed by atoms with Gasteiger partial charge >= 0.3 is 5.97 Å². The van der Waals surface area contributed by atoms with E-state index in [2.05, 4.69) is 0 Å². The third-order valence-electron chi connectivity index (χ3n) is 4.78. The van der Waals surface area contributed by atoms with Crippen LogP contribution in [-0.4, -0.2) is 95.1 Å². The summed E-state index contributed by atoms with van der Waals surface area (Å²) in [6.45, 7) is 3.48. The minimum absolute atomic E-state index is 0. The van der Waals surface area contributed by atoms with Crippen molar-refractivity contribution in [1.29, 1.82) is 0 Å². The van der Waals surface area contributed by atoms with Gasteiger partial charge in [-0.3, -0.25) is 14.2 Å². The molecular formula is C17H20FN3NaO6S. The third kappa shape index (κ3) is 5.16. The zero-order chi connectivity index (χ0) is 20.6. The molecule has 29 heavy (non-hydrogen) atoms. The standard InChI is InChI=1S/C17H20FN3O6S.Na/c1-2-20-9-12(17(23)24)16(22)11-7-13(18)15(8-14(11)20)21-5-3-19(4-6-21)10-28(25,26)27;/h7-9H,2-6,10H2,1H3,(H,23,24)(H,25,26,27);. The van der Waals surface area contributed by atoms with Crippen LogP contribution in [0.25, 0.3) is 10.9 Å². The van der Waals surface area contributed by atoms with Gasteiger partial charge < -0.3 is 14.6 Å². The summed E-state index contributed by atoms with van der Waals surface area (Å²) >= 11 is 0. The van der Waals surface area contributed by atoms with E-state index in [1.165, 1.54) is 12.3 Å². The normalized spacial score (nSPS) is 15.3. The molecule has 2 N–H and O–H groups in total. The Morgan fingerprint density at radius 1 is 1.21 bits per heavy atom. The predicted molar refractivity (Wildman–Crippen MR) is 107 cm³/mol. The number of hydrogen-bond donors (Lipinski definition) is 2. The van der Waals surface area contributed by atoms with E-state index in [-0.39, 0.29) is 40.6 Å². The van der Waals surface area contributed by atoms with Gasteiger partial charge in [-0.15, -0.1) is 0 Å². The van der Waals surface area contributed by atoms with Crippen LogP contribution in [0.5, 0.6) is 0 Å². The second-order valence-corrected chi connectivity index (χ2v) is 8.02. The number of halogens is 1. The van der Waals surface area contributed by atoms with Crippen LogP contribution in [-0.2, 0) is 16.7 Å². The van der Waals surface area contributed by atoms with Crippen LogP contribution in [0, 0.1) is 5.82 Å². The van der Waals surface area contributed by atoms with Crippen molar-refractivity contribution in [3.63, 3.8) is 0 Å². The maximum Gasteiger partial charge on any atom is 0.341 e. The van der Waals surface area contributed by atoms with Crippen LogP contribution in [0.3, 0.4) is 0 Å². The number of aromatic carboxylic acids is 1. The topological polar surface area (TPSA) is 120 Å². The largest absolute Gasteiger partial charge is 0.477 e. The van der Waals surface area contributed by atoms with Gasteiger partial charge in [0.1, 0.15) is 17.3 Å². The van der Waals surface area contributed by atoms with Crippen molar-refractivity contribution in [2.45, 2.75) is 13.5 Å². The summed E-state index contributed by atoms with van der Waals surface area (Å²) in [7, 11) is -4.12. The predicted octanol–water partition coefficient (Wildman–Crippen LogP) is 0.445. The molecule has 1 aliphatic rings. The number of aromatic nitrogens is 1. The minimum atomic E-state index is -4.12. The fourth-order valence-electron chi connectivity index (χ4n) is 3.40. The molecule has 2 heterocycles. The Kier molecular flexibility index (Phi) is 7.47. The molecule has 1 saturated heterocycles. The molecular weight excluding hydrogens is 416 g/mol. The van der Waals surface area contributed by atoms with Crippen LogP contribution in [0.15, 0.2) is 23.1 Å². The van der Waals surface area contributed by atoms with E-state index in [1.807, 2.05) is 0 Å². The monoisotopic (exact) mass is 436 g/mol. The van der Waals surface area contributed by atoms with Gasteiger partial charge in [0.25, 0.3) is 10.1 Å². The summed E-state index contributed by atoms with van der Waals surface area (Å²) in [4.78, 5) is 26.9. The first-order chi connectivity index (χ1) is 13.1. The average Bonchev–Trinajstić information content (AvgIpc) is 2.61. The number of rotatable bonds is 5. The van der Waals surface area contributed by atoms with Crippen LogP contribution in [0.2, 0.25) is 0 Å². The summed E-state index contributed by atoms with van der Waals surface area (Å²) < 4.78 is 47.2. The number of hydrogen-bond acceptors (Lipinski definition) is 6. The van der Waals surface area contributed by atoms with E-state index >= 15 is 0 Å². The number of anilines is 1. The first kappa shape index (κ1) is 23.8. The molecule has 0 spiro atoms. The molecule has 1 aromatic carbocycles. The first-order valence-electron chi connectivity index (χ1n) is 8.63. The number of carbonyl (C=O) groups is 1. The number of carboxylic acids is 1. The number of piperazine rings is 1. The molecule has 153 valence electrons. The Morgan fingerprint density at radius 2 is 1.83 bits per heavy atom. The van der Waals surface area contributed by atoms with Gasteiger partial charge in [0.2, 0.25) is 5.43 Å². The van der Waals surface area contributed by atoms with Gasteiger partial charge in [-0.2, -0.15) is 8.42 Å². The Morgan fingerprint density at radius 3 is 2.34 bits per heavy atom. The van der Waals surface area contributed by atoms with Crippen molar-refractivity contribution in [3.8, 4) is 0 Å². The number of fused-ring (bicyclic) bond motifs is 1. The SMILES string of the molecule is CCn1cc(C(=O)O)c(=O)c2cc(F)c(N3CCN(CS(=O)(=O)O)CC3)cc21.[Na]. The number of benzene rings is 1. The van der Waals surface area contributed by atoms with E-state index in [9.17, 15) is 27.5 Å². The van der Waals surface area contributed by atoms with Gasteiger partial charge in [0.05, 0.1) is 11.2 Å². The third-order valence-corrected chi connectivity index (χ3v) is 5.47. The zero-order valence-corrected chi connectivity index (χ0v) is 18.9. The van der Waals surface area contributed by atoms with Crippen LogP contribution >= 0.6 is 0 Å². The Labute approximate surface area is 188 Å². The summed E-state index contributed by atoms with van der Waals surface area (Å²) in [5.74, 6) is -2.50. The fraction of sp³-hybridized carbons (Fsp3) is 0.412. The van der Waals surface area contributed by atoms with Gasteiger partial charge in [0.15, 0.2) is 0 Å². The maximum atomic E-state index is 14.7. The number of pyridine rings is 1. The summed E-state index contributed by atoms with van der Waals surface area (Å²) in [5.41, 5.74) is -0.478. The summed E-state index contributed by atoms with van der Waals surface area (Å²) in [5, 5.41) is 9.19. The molecule has 2 aromatic rings. The Balaban J connectivity index is 0.00000300. The zero-order valence-electron chi connectivity index (χ0n) is 16.1. The van der Waals surface area contributed by atoms with Crippen LogP contribution in [0.1, 0.15) is 17.3 Å². The second-order valence-electron chi connectivity index (χ2n) is 6.60. The van der Waals surface area contributed by atoms with E-state index in [0.29, 0.717) is 38.2 Å². The fourth-order valence-corrected chi connectivity index (χ4v) is 4.12. The average molecular weight is 436 g/mol. The van der Waals surface area contributed by atoms with Crippen molar-refractivity contribution in [1.82, 2.24) is 9.47 Å². The van der Waals surface area contributed by atoms with E-state index < -0.39 is 38.8 Å². The molecule has 12 heteroatoms. The molecule has 0 aliphatic carbocycles. The smallest absolute Gasteiger partial charge is 0.341 e. The molecule has 1 radical (unpaired) electrons. The minimum Gasteiger partial charge on any atom is -0.477 e. The Bertz CT molecular complexity index is 1100. The second kappa shape index (κ2) is 9.11.